The molecule has 1 saturated carbocycles. The van der Waals surface area contributed by atoms with Crippen molar-refractivity contribution in [3.8, 4) is 5.75 Å². The Morgan fingerprint density at radius 2 is 1.64 bits per heavy atom. The van der Waals surface area contributed by atoms with Crippen LogP contribution in [0.15, 0.2) is 78.1 Å². The lowest BCUT2D eigenvalue weighted by Gasteiger charge is -2.36. The first-order valence-electron chi connectivity index (χ1n) is 14.5. The monoisotopic (exact) mass is 658 g/mol. The maximum Gasteiger partial charge on any atom is 0.501 e. The van der Waals surface area contributed by atoms with E-state index in [0.717, 1.165) is 88.2 Å². The van der Waals surface area contributed by atoms with E-state index in [2.05, 4.69) is 26.7 Å². The van der Waals surface area contributed by atoms with Gasteiger partial charge in [-0.3, -0.25) is 9.88 Å². The first kappa shape index (κ1) is 34.4. The summed E-state index contributed by atoms with van der Waals surface area (Å²) in [5, 5.41) is 3.21. The van der Waals surface area contributed by atoms with E-state index in [1.165, 1.54) is 24.3 Å². The maximum atomic E-state index is 12.8. The van der Waals surface area contributed by atoms with Crippen molar-refractivity contribution in [2.45, 2.75) is 63.0 Å². The van der Waals surface area contributed by atoms with Gasteiger partial charge in [0.25, 0.3) is 9.84 Å². The predicted molar refractivity (Wildman–Crippen MR) is 160 cm³/mol. The van der Waals surface area contributed by atoms with E-state index in [1.54, 1.807) is 12.4 Å². The highest BCUT2D eigenvalue weighted by molar-refractivity contribution is 7.96. The number of sulfone groups is 1. The largest absolute Gasteiger partial charge is 0.501 e. The number of anilines is 1. The molecule has 4 rings (SSSR count). The van der Waals surface area contributed by atoms with Crippen molar-refractivity contribution >= 4 is 15.5 Å². The molecule has 2 aliphatic rings. The summed E-state index contributed by atoms with van der Waals surface area (Å²) < 4.78 is 106. The Labute approximate surface area is 259 Å². The Bertz CT molecular complexity index is 1470. The third-order valence-electron chi connectivity index (χ3n) is 7.92. The first-order chi connectivity index (χ1) is 21.2. The van der Waals surface area contributed by atoms with Crippen LogP contribution in [0.25, 0.3) is 0 Å². The maximum absolute atomic E-state index is 12.8. The Kier molecular flexibility index (Phi) is 10.9. The van der Waals surface area contributed by atoms with Gasteiger partial charge < -0.3 is 15.0 Å². The molecule has 1 aromatic carbocycles. The number of rotatable bonds is 10. The van der Waals surface area contributed by atoms with Crippen LogP contribution in [0, 0.1) is 0 Å². The standard InChI is InChI=1S/C31H36F6N4O3S/c1-3-25(9-4-22(2)45(42,43)31(35,36)37)39-26-10-12-28(13-11-26)44-29-18-27(19-38-20-29)41-16-14-40(15-17-41)21-23-5-7-24(8-6-23)30(32,33)34/h3-9,18-20,26,28,39H,1,10-17,21H2,2H3/b22-4+,25-9+. The number of benzene rings is 1. The molecule has 1 N–H and O–H groups in total. The van der Waals surface area contributed by atoms with Crippen molar-refractivity contribution in [1.82, 2.24) is 15.2 Å². The number of hydrogen-bond acceptors (Lipinski definition) is 7. The van der Waals surface area contributed by atoms with Crippen molar-refractivity contribution < 1.29 is 39.5 Å². The molecule has 246 valence electrons. The number of allylic oxidation sites excluding steroid dienone is 4. The van der Waals surface area contributed by atoms with Crippen molar-refractivity contribution in [2.24, 2.45) is 0 Å². The highest BCUT2D eigenvalue weighted by atomic mass is 32.2. The van der Waals surface area contributed by atoms with Gasteiger partial charge in [-0.15, -0.1) is 0 Å². The Morgan fingerprint density at radius 1 is 1.00 bits per heavy atom. The minimum absolute atomic E-state index is 0.0189. The second-order valence-corrected chi connectivity index (χ2v) is 13.2. The van der Waals surface area contributed by atoms with Gasteiger partial charge in [0, 0.05) is 50.5 Å². The zero-order valence-corrected chi connectivity index (χ0v) is 25.6. The van der Waals surface area contributed by atoms with Gasteiger partial charge in [-0.1, -0.05) is 18.7 Å². The van der Waals surface area contributed by atoms with Crippen molar-refractivity contribution in [3.05, 3.63) is 89.3 Å². The second-order valence-electron chi connectivity index (χ2n) is 11.1. The molecule has 1 aromatic heterocycles. The van der Waals surface area contributed by atoms with Crippen molar-refractivity contribution in [1.29, 1.82) is 0 Å². The lowest BCUT2D eigenvalue weighted by molar-refractivity contribution is -0.137. The summed E-state index contributed by atoms with van der Waals surface area (Å²) in [4.78, 5) is 7.95. The van der Waals surface area contributed by atoms with Gasteiger partial charge in [-0.25, -0.2) is 8.42 Å². The third kappa shape index (κ3) is 9.25. The fourth-order valence-corrected chi connectivity index (χ4v) is 5.89. The molecule has 2 aromatic rings. The lowest BCUT2D eigenvalue weighted by atomic mass is 9.92. The van der Waals surface area contributed by atoms with Crippen molar-refractivity contribution in [3.63, 3.8) is 0 Å². The number of hydrogen-bond donors (Lipinski definition) is 1. The molecule has 0 amide bonds. The fourth-order valence-electron chi connectivity index (χ4n) is 5.27. The lowest BCUT2D eigenvalue weighted by Crippen LogP contribution is -2.46. The Morgan fingerprint density at radius 3 is 2.22 bits per heavy atom. The summed E-state index contributed by atoms with van der Waals surface area (Å²) in [6.45, 7) is 8.10. The van der Waals surface area contributed by atoms with Crippen LogP contribution in [-0.2, 0) is 22.6 Å². The van der Waals surface area contributed by atoms with Crippen LogP contribution >= 0.6 is 0 Å². The highest BCUT2D eigenvalue weighted by Crippen LogP contribution is 2.31. The summed E-state index contributed by atoms with van der Waals surface area (Å²) in [6, 6.07) is 7.24. The summed E-state index contributed by atoms with van der Waals surface area (Å²) >= 11 is 0. The molecular weight excluding hydrogens is 622 g/mol. The first-order valence-corrected chi connectivity index (χ1v) is 16.0. The van der Waals surface area contributed by atoms with E-state index < -0.39 is 32.0 Å². The molecule has 14 heteroatoms. The third-order valence-corrected chi connectivity index (χ3v) is 9.51. The van der Waals surface area contributed by atoms with Gasteiger partial charge in [-0.05, 0) is 68.5 Å². The second kappa shape index (κ2) is 14.3. The molecule has 2 heterocycles. The normalized spacial score (nSPS) is 21.0. The van der Waals surface area contributed by atoms with E-state index in [1.807, 2.05) is 6.07 Å². The van der Waals surface area contributed by atoms with E-state index in [9.17, 15) is 34.8 Å². The van der Waals surface area contributed by atoms with E-state index in [-0.39, 0.29) is 12.1 Å². The molecule has 1 saturated heterocycles. The minimum Gasteiger partial charge on any atom is -0.489 e. The SMILES string of the molecule is C=C/C(=C\C=C(/C)S(=O)(=O)C(F)(F)F)NC1CCC(Oc2cncc(N3CCN(Cc4ccc(C(F)(F)F)cc4)CC3)c2)CC1. The quantitative estimate of drug-likeness (QED) is 0.228. The smallest absolute Gasteiger partial charge is 0.489 e. The molecular formula is C31H36F6N4O3S. The van der Waals surface area contributed by atoms with Crippen molar-refractivity contribution in [2.75, 3.05) is 31.1 Å². The van der Waals surface area contributed by atoms with E-state index in [4.69, 9.17) is 4.74 Å². The number of aromatic nitrogens is 1. The zero-order valence-electron chi connectivity index (χ0n) is 24.7. The molecule has 7 nitrogen and oxygen atoms in total. The molecule has 0 atom stereocenters. The van der Waals surface area contributed by atoms with E-state index >= 15 is 0 Å². The Hall–Kier alpha value is -3.52. The number of pyridine rings is 1. The van der Waals surface area contributed by atoms with Crippen LogP contribution in [0.5, 0.6) is 5.75 Å². The number of halogens is 6. The summed E-state index contributed by atoms with van der Waals surface area (Å²) in [6.07, 6.45) is 5.59. The van der Waals surface area contributed by atoms with Crippen LogP contribution in [0.4, 0.5) is 32.0 Å². The molecule has 0 bridgehead atoms. The Balaban J connectivity index is 1.24. The number of piperazine rings is 1. The van der Waals surface area contributed by atoms with Gasteiger partial charge in [0.05, 0.1) is 34.7 Å². The number of nitrogens with zero attached hydrogens (tertiary/aromatic N) is 3. The highest BCUT2D eigenvalue weighted by Gasteiger charge is 2.46. The fraction of sp³-hybridized carbons (Fsp3) is 0.452. The molecule has 45 heavy (non-hydrogen) atoms. The summed E-state index contributed by atoms with van der Waals surface area (Å²) in [5.41, 5.74) is -3.83. The van der Waals surface area contributed by atoms with Gasteiger partial charge in [0.2, 0.25) is 0 Å². The van der Waals surface area contributed by atoms with Crippen LogP contribution in [0.1, 0.15) is 43.7 Å². The summed E-state index contributed by atoms with van der Waals surface area (Å²) in [5.74, 6) is 0.647. The van der Waals surface area contributed by atoms with Crippen LogP contribution in [0.3, 0.4) is 0 Å². The molecule has 0 unspecified atom stereocenters. The summed E-state index contributed by atoms with van der Waals surface area (Å²) in [7, 11) is -5.38. The molecule has 0 radical (unpaired) electrons. The van der Waals surface area contributed by atoms with Crippen LogP contribution in [0.2, 0.25) is 0 Å². The number of nitrogens with one attached hydrogen (secondary N) is 1. The van der Waals surface area contributed by atoms with Crippen LogP contribution in [-0.4, -0.2) is 62.1 Å². The number of alkyl halides is 6. The van der Waals surface area contributed by atoms with Crippen LogP contribution < -0.4 is 15.0 Å². The molecule has 2 fully saturated rings. The van der Waals surface area contributed by atoms with Gasteiger partial charge >= 0.3 is 11.7 Å². The molecule has 1 aliphatic heterocycles. The molecule has 1 aliphatic carbocycles. The topological polar surface area (TPSA) is 74.8 Å². The average Bonchev–Trinajstić information content (AvgIpc) is 2.99. The van der Waals surface area contributed by atoms with Gasteiger partial charge in [-0.2, -0.15) is 26.3 Å². The molecule has 0 spiro atoms. The number of ether oxygens (including phenoxy) is 1. The predicted octanol–water partition coefficient (Wildman–Crippen LogP) is 6.61. The average molecular weight is 659 g/mol. The van der Waals surface area contributed by atoms with Gasteiger partial charge in [0.1, 0.15) is 5.75 Å². The van der Waals surface area contributed by atoms with Gasteiger partial charge in [0.15, 0.2) is 0 Å². The van der Waals surface area contributed by atoms with E-state index in [0.29, 0.717) is 18.0 Å². The minimum atomic E-state index is -5.38. The zero-order chi connectivity index (χ0) is 32.8.